The summed E-state index contributed by atoms with van der Waals surface area (Å²) in [6.45, 7) is 4.25. The molecule has 3 nitrogen and oxygen atoms in total. The Morgan fingerprint density at radius 3 is 2.78 bits per heavy atom. The molecule has 1 aromatic heterocycles. The van der Waals surface area contributed by atoms with Crippen LogP contribution in [0.3, 0.4) is 0 Å². The van der Waals surface area contributed by atoms with Gasteiger partial charge in [-0.3, -0.25) is 4.79 Å². The Morgan fingerprint density at radius 1 is 1.28 bits per heavy atom. The summed E-state index contributed by atoms with van der Waals surface area (Å²) in [5, 5.41) is 0. The lowest BCUT2D eigenvalue weighted by Gasteiger charge is -2.05. The molecular formula is C15H16O3. The fourth-order valence-corrected chi connectivity index (χ4v) is 1.64. The van der Waals surface area contributed by atoms with Crippen LogP contribution in [0.1, 0.15) is 30.8 Å². The van der Waals surface area contributed by atoms with E-state index in [9.17, 15) is 4.79 Å². The summed E-state index contributed by atoms with van der Waals surface area (Å²) >= 11 is 0. The van der Waals surface area contributed by atoms with Gasteiger partial charge in [-0.1, -0.05) is 19.1 Å². The Labute approximate surface area is 106 Å². The fraction of sp³-hybridized carbons (Fsp3) is 0.267. The maximum Gasteiger partial charge on any atom is 0.194 e. The minimum atomic E-state index is -0.0698. The average Bonchev–Trinajstić information content (AvgIpc) is 2.86. The Balaban J connectivity index is 2.23. The maximum absolute atomic E-state index is 11.2. The molecule has 94 valence electrons. The molecule has 0 aliphatic rings. The van der Waals surface area contributed by atoms with Crippen molar-refractivity contribution < 1.29 is 13.9 Å². The summed E-state index contributed by atoms with van der Waals surface area (Å²) in [6, 6.07) is 11.2. The van der Waals surface area contributed by atoms with Gasteiger partial charge in [-0.15, -0.1) is 0 Å². The van der Waals surface area contributed by atoms with Crippen LogP contribution in [-0.4, -0.2) is 12.4 Å². The van der Waals surface area contributed by atoms with Crippen LogP contribution < -0.4 is 4.74 Å². The van der Waals surface area contributed by atoms with Crippen molar-refractivity contribution in [1.82, 2.24) is 0 Å². The van der Waals surface area contributed by atoms with Gasteiger partial charge in [-0.05, 0) is 30.7 Å². The third-order valence-electron chi connectivity index (χ3n) is 2.54. The summed E-state index contributed by atoms with van der Waals surface area (Å²) in [5.74, 6) is 1.81. The standard InChI is InChI=1S/C15H16O3/c1-3-9-17-13-6-4-5-12(10-13)15-8-7-14(18-15)11(2)16/h4-8,10H,3,9H2,1-2H3. The van der Waals surface area contributed by atoms with E-state index in [0.29, 0.717) is 18.1 Å². The molecule has 3 heteroatoms. The SMILES string of the molecule is CCCOc1cccc(-c2ccc(C(C)=O)o2)c1. The number of rotatable bonds is 5. The first-order chi connectivity index (χ1) is 8.70. The monoisotopic (exact) mass is 244 g/mol. The zero-order valence-electron chi connectivity index (χ0n) is 10.6. The lowest BCUT2D eigenvalue weighted by Crippen LogP contribution is -1.94. The van der Waals surface area contributed by atoms with E-state index in [1.54, 1.807) is 12.1 Å². The van der Waals surface area contributed by atoms with Crippen LogP contribution in [0.4, 0.5) is 0 Å². The zero-order valence-corrected chi connectivity index (χ0v) is 10.6. The van der Waals surface area contributed by atoms with Gasteiger partial charge in [-0.25, -0.2) is 0 Å². The van der Waals surface area contributed by atoms with Gasteiger partial charge < -0.3 is 9.15 Å². The molecule has 0 saturated carbocycles. The highest BCUT2D eigenvalue weighted by Crippen LogP contribution is 2.26. The number of ketones is 1. The van der Waals surface area contributed by atoms with Crippen LogP contribution in [-0.2, 0) is 0 Å². The van der Waals surface area contributed by atoms with Gasteiger partial charge in [0.1, 0.15) is 11.5 Å². The van der Waals surface area contributed by atoms with Crippen molar-refractivity contribution in [3.8, 4) is 17.1 Å². The first kappa shape index (κ1) is 12.4. The molecule has 0 spiro atoms. The number of carbonyl (C=O) groups excluding carboxylic acids is 1. The quantitative estimate of drug-likeness (QED) is 0.748. The third kappa shape index (κ3) is 2.80. The molecule has 0 radical (unpaired) electrons. The normalized spacial score (nSPS) is 10.3. The van der Waals surface area contributed by atoms with Crippen molar-refractivity contribution in [2.45, 2.75) is 20.3 Å². The predicted molar refractivity (Wildman–Crippen MR) is 69.9 cm³/mol. The second-order valence-corrected chi connectivity index (χ2v) is 4.10. The predicted octanol–water partition coefficient (Wildman–Crippen LogP) is 3.94. The van der Waals surface area contributed by atoms with Crippen LogP contribution in [0.2, 0.25) is 0 Å². The van der Waals surface area contributed by atoms with Gasteiger partial charge in [0, 0.05) is 12.5 Å². The summed E-state index contributed by atoms with van der Waals surface area (Å²) in [5.41, 5.74) is 0.913. The second kappa shape index (κ2) is 5.54. The van der Waals surface area contributed by atoms with Crippen LogP contribution in [0.25, 0.3) is 11.3 Å². The molecule has 1 aromatic carbocycles. The van der Waals surface area contributed by atoms with E-state index in [2.05, 4.69) is 6.92 Å². The molecule has 0 aliphatic carbocycles. The van der Waals surface area contributed by atoms with E-state index in [1.807, 2.05) is 24.3 Å². The van der Waals surface area contributed by atoms with E-state index >= 15 is 0 Å². The highest BCUT2D eigenvalue weighted by molar-refractivity contribution is 5.91. The van der Waals surface area contributed by atoms with Gasteiger partial charge in [0.05, 0.1) is 6.61 Å². The van der Waals surface area contributed by atoms with E-state index in [0.717, 1.165) is 17.7 Å². The highest BCUT2D eigenvalue weighted by Gasteiger charge is 2.08. The lowest BCUT2D eigenvalue weighted by molar-refractivity contribution is 0.0988. The first-order valence-corrected chi connectivity index (χ1v) is 6.04. The number of hydrogen-bond donors (Lipinski definition) is 0. The molecule has 0 N–H and O–H groups in total. The van der Waals surface area contributed by atoms with Crippen LogP contribution in [0.5, 0.6) is 5.75 Å². The molecule has 0 unspecified atom stereocenters. The molecular weight excluding hydrogens is 228 g/mol. The number of carbonyl (C=O) groups is 1. The Morgan fingerprint density at radius 2 is 2.11 bits per heavy atom. The van der Waals surface area contributed by atoms with E-state index < -0.39 is 0 Å². The number of benzene rings is 1. The summed E-state index contributed by atoms with van der Waals surface area (Å²) in [7, 11) is 0. The number of Topliss-reactive ketones (excluding diaryl/α,β-unsaturated/α-hetero) is 1. The minimum Gasteiger partial charge on any atom is -0.494 e. The van der Waals surface area contributed by atoms with Gasteiger partial charge in [0.15, 0.2) is 11.5 Å². The number of ether oxygens (including phenoxy) is 1. The van der Waals surface area contributed by atoms with Gasteiger partial charge in [0.25, 0.3) is 0 Å². The van der Waals surface area contributed by atoms with Crippen molar-refractivity contribution in [2.75, 3.05) is 6.61 Å². The lowest BCUT2D eigenvalue weighted by atomic mass is 10.1. The molecule has 2 aromatic rings. The molecule has 0 fully saturated rings. The third-order valence-corrected chi connectivity index (χ3v) is 2.54. The van der Waals surface area contributed by atoms with Crippen molar-refractivity contribution in [1.29, 1.82) is 0 Å². The molecule has 0 bridgehead atoms. The van der Waals surface area contributed by atoms with Gasteiger partial charge in [0.2, 0.25) is 0 Å². The molecule has 1 heterocycles. The molecule has 2 rings (SSSR count). The van der Waals surface area contributed by atoms with Crippen molar-refractivity contribution in [2.24, 2.45) is 0 Å². The Bertz CT molecular complexity index is 540. The zero-order chi connectivity index (χ0) is 13.0. The molecule has 0 atom stereocenters. The number of hydrogen-bond acceptors (Lipinski definition) is 3. The van der Waals surface area contributed by atoms with Crippen molar-refractivity contribution >= 4 is 5.78 Å². The highest BCUT2D eigenvalue weighted by atomic mass is 16.5. The van der Waals surface area contributed by atoms with Gasteiger partial charge in [-0.2, -0.15) is 0 Å². The smallest absolute Gasteiger partial charge is 0.194 e. The Hall–Kier alpha value is -2.03. The van der Waals surface area contributed by atoms with Crippen LogP contribution in [0.15, 0.2) is 40.8 Å². The maximum atomic E-state index is 11.2. The summed E-state index contributed by atoms with van der Waals surface area (Å²) in [4.78, 5) is 11.2. The fourth-order valence-electron chi connectivity index (χ4n) is 1.64. The van der Waals surface area contributed by atoms with Crippen LogP contribution in [0, 0.1) is 0 Å². The van der Waals surface area contributed by atoms with Crippen LogP contribution >= 0.6 is 0 Å². The second-order valence-electron chi connectivity index (χ2n) is 4.10. The molecule has 18 heavy (non-hydrogen) atoms. The largest absolute Gasteiger partial charge is 0.494 e. The molecule has 0 amide bonds. The number of furan rings is 1. The van der Waals surface area contributed by atoms with Crippen molar-refractivity contribution in [3.05, 3.63) is 42.2 Å². The van der Waals surface area contributed by atoms with E-state index in [4.69, 9.17) is 9.15 Å². The van der Waals surface area contributed by atoms with Gasteiger partial charge >= 0.3 is 0 Å². The first-order valence-electron chi connectivity index (χ1n) is 6.04. The molecule has 0 aliphatic heterocycles. The van der Waals surface area contributed by atoms with Crippen molar-refractivity contribution in [3.63, 3.8) is 0 Å². The summed E-state index contributed by atoms with van der Waals surface area (Å²) in [6.07, 6.45) is 0.972. The van der Waals surface area contributed by atoms with E-state index in [1.165, 1.54) is 6.92 Å². The Kier molecular flexibility index (Phi) is 3.82. The minimum absolute atomic E-state index is 0.0698. The average molecular weight is 244 g/mol. The topological polar surface area (TPSA) is 39.4 Å². The molecule has 0 saturated heterocycles. The summed E-state index contributed by atoms with van der Waals surface area (Å²) < 4.78 is 11.0. The van der Waals surface area contributed by atoms with E-state index in [-0.39, 0.29) is 5.78 Å².